The molecule has 0 radical (unpaired) electrons. The van der Waals surface area contributed by atoms with E-state index in [2.05, 4.69) is 44.7 Å². The molecule has 248 valence electrons. The normalized spacial score (nSPS) is 13.1. The summed E-state index contributed by atoms with van der Waals surface area (Å²) < 4.78 is 2.56. The number of hydrogen-bond donors (Lipinski definition) is 0. The topological polar surface area (TPSA) is 17.8 Å². The van der Waals surface area contributed by atoms with E-state index in [0.29, 0.717) is 12.0 Å². The van der Waals surface area contributed by atoms with Gasteiger partial charge in [0.05, 0.1) is 0 Å². The molecule has 1 aromatic heterocycles. The van der Waals surface area contributed by atoms with Crippen molar-refractivity contribution in [3.05, 3.63) is 18.2 Å². The monoisotopic (exact) mass is 587 g/mol. The molecule has 0 aliphatic carbocycles. The highest BCUT2D eigenvalue weighted by atomic mass is 15.1. The Hall–Kier alpha value is -0.790. The molecular formula is C40H78N2. The summed E-state index contributed by atoms with van der Waals surface area (Å²) in [5.41, 5.74) is 0. The third kappa shape index (κ3) is 21.8. The lowest BCUT2D eigenvalue weighted by atomic mass is 9.93. The average molecular weight is 587 g/mol. The molecule has 0 aromatic carbocycles. The standard InChI is InChI=1S/C40H78N2/c1-5-8-11-13-15-17-19-21-22-23-25-27-29-31-33-38(4)42-37-36-41-40(42)39(34-10-7-3)35-32-30-28-26-24-20-18-16-14-12-9-6-2/h36-39H,5-35H2,1-4H3. The Morgan fingerprint density at radius 1 is 0.452 bits per heavy atom. The fourth-order valence-corrected chi connectivity index (χ4v) is 6.87. The summed E-state index contributed by atoms with van der Waals surface area (Å²) in [4.78, 5) is 4.95. The molecule has 0 fully saturated rings. The van der Waals surface area contributed by atoms with Gasteiger partial charge in [-0.1, -0.05) is 201 Å². The molecule has 0 aliphatic rings. The first-order valence-electron chi connectivity index (χ1n) is 19.8. The molecule has 2 atom stereocenters. The molecule has 0 N–H and O–H groups in total. The van der Waals surface area contributed by atoms with Crippen LogP contribution in [0, 0.1) is 0 Å². The highest BCUT2D eigenvalue weighted by molar-refractivity contribution is 5.02. The molecule has 0 aliphatic heterocycles. The largest absolute Gasteiger partial charge is 0.332 e. The molecular weight excluding hydrogens is 508 g/mol. The Morgan fingerprint density at radius 2 is 0.786 bits per heavy atom. The van der Waals surface area contributed by atoms with Gasteiger partial charge in [0, 0.05) is 24.4 Å². The van der Waals surface area contributed by atoms with Gasteiger partial charge in [-0.25, -0.2) is 4.98 Å². The predicted molar refractivity (Wildman–Crippen MR) is 190 cm³/mol. The van der Waals surface area contributed by atoms with Crippen molar-refractivity contribution in [2.45, 2.75) is 239 Å². The maximum Gasteiger partial charge on any atom is 0.111 e. The zero-order chi connectivity index (χ0) is 30.4. The van der Waals surface area contributed by atoms with E-state index < -0.39 is 0 Å². The van der Waals surface area contributed by atoms with E-state index >= 15 is 0 Å². The van der Waals surface area contributed by atoms with E-state index in [0.717, 1.165) is 0 Å². The van der Waals surface area contributed by atoms with Gasteiger partial charge in [0.15, 0.2) is 0 Å². The van der Waals surface area contributed by atoms with Crippen molar-refractivity contribution in [1.29, 1.82) is 0 Å². The van der Waals surface area contributed by atoms with Crippen LogP contribution in [-0.4, -0.2) is 9.55 Å². The molecule has 42 heavy (non-hydrogen) atoms. The van der Waals surface area contributed by atoms with Crippen molar-refractivity contribution < 1.29 is 0 Å². The Labute approximate surface area is 266 Å². The fourth-order valence-electron chi connectivity index (χ4n) is 6.87. The number of hydrogen-bond acceptors (Lipinski definition) is 1. The third-order valence-corrected chi connectivity index (χ3v) is 9.83. The Morgan fingerprint density at radius 3 is 1.19 bits per heavy atom. The van der Waals surface area contributed by atoms with E-state index in [-0.39, 0.29) is 0 Å². The molecule has 1 heterocycles. The quantitative estimate of drug-likeness (QED) is 0.0749. The lowest BCUT2D eigenvalue weighted by Crippen LogP contribution is -2.13. The first-order valence-corrected chi connectivity index (χ1v) is 19.8. The van der Waals surface area contributed by atoms with Crippen molar-refractivity contribution in [1.82, 2.24) is 9.55 Å². The van der Waals surface area contributed by atoms with Gasteiger partial charge in [0.1, 0.15) is 5.82 Å². The predicted octanol–water partition coefficient (Wildman–Crippen LogP) is 14.7. The van der Waals surface area contributed by atoms with Crippen LogP contribution < -0.4 is 0 Å². The molecule has 0 spiro atoms. The summed E-state index contributed by atoms with van der Waals surface area (Å²) in [6.07, 6.45) is 48.3. The van der Waals surface area contributed by atoms with Gasteiger partial charge in [-0.05, 0) is 26.2 Å². The SMILES string of the molecule is CCCCCCCCCCCCCCCCC(C)n1ccnc1C(CCCC)CCCCCCCCCCCCCC. The minimum absolute atomic E-state index is 0.589. The van der Waals surface area contributed by atoms with Crippen LogP contribution in [0.2, 0.25) is 0 Å². The van der Waals surface area contributed by atoms with E-state index in [1.54, 1.807) is 0 Å². The lowest BCUT2D eigenvalue weighted by molar-refractivity contribution is 0.415. The van der Waals surface area contributed by atoms with Crippen LogP contribution in [0.5, 0.6) is 0 Å². The molecule has 0 amide bonds. The number of nitrogens with zero attached hydrogens (tertiary/aromatic N) is 2. The maximum absolute atomic E-state index is 4.95. The van der Waals surface area contributed by atoms with Gasteiger partial charge in [0.2, 0.25) is 0 Å². The van der Waals surface area contributed by atoms with Crippen LogP contribution >= 0.6 is 0 Å². The second-order valence-electron chi connectivity index (χ2n) is 13.9. The minimum atomic E-state index is 0.589. The van der Waals surface area contributed by atoms with Crippen molar-refractivity contribution in [2.24, 2.45) is 0 Å². The molecule has 1 aromatic rings. The van der Waals surface area contributed by atoms with Gasteiger partial charge in [-0.15, -0.1) is 0 Å². The minimum Gasteiger partial charge on any atom is -0.332 e. The van der Waals surface area contributed by atoms with Crippen LogP contribution in [0.4, 0.5) is 0 Å². The summed E-state index contributed by atoms with van der Waals surface area (Å²) in [6.45, 7) is 9.39. The smallest absolute Gasteiger partial charge is 0.111 e. The third-order valence-electron chi connectivity index (χ3n) is 9.83. The Bertz CT molecular complexity index is 650. The fraction of sp³-hybridized carbons (Fsp3) is 0.925. The van der Waals surface area contributed by atoms with Crippen LogP contribution in [-0.2, 0) is 0 Å². The van der Waals surface area contributed by atoms with Crippen LogP contribution in [0.1, 0.15) is 245 Å². The first kappa shape index (κ1) is 39.2. The van der Waals surface area contributed by atoms with Crippen molar-refractivity contribution in [3.63, 3.8) is 0 Å². The van der Waals surface area contributed by atoms with Gasteiger partial charge < -0.3 is 4.57 Å². The van der Waals surface area contributed by atoms with E-state index in [1.807, 2.05) is 0 Å². The highest BCUT2D eigenvalue weighted by Crippen LogP contribution is 2.30. The van der Waals surface area contributed by atoms with Crippen LogP contribution in [0.15, 0.2) is 12.4 Å². The van der Waals surface area contributed by atoms with Gasteiger partial charge >= 0.3 is 0 Å². The molecule has 2 heteroatoms. The molecule has 0 saturated heterocycles. The number of aromatic nitrogens is 2. The summed E-state index contributed by atoms with van der Waals surface area (Å²) in [5.74, 6) is 2.05. The van der Waals surface area contributed by atoms with E-state index in [4.69, 9.17) is 4.98 Å². The number of unbranched alkanes of at least 4 members (excludes halogenated alkanes) is 25. The lowest BCUT2D eigenvalue weighted by Gasteiger charge is -2.22. The zero-order valence-corrected chi connectivity index (χ0v) is 29.6. The van der Waals surface area contributed by atoms with Gasteiger partial charge in [-0.2, -0.15) is 0 Å². The van der Waals surface area contributed by atoms with Crippen LogP contribution in [0.25, 0.3) is 0 Å². The van der Waals surface area contributed by atoms with Crippen molar-refractivity contribution in [2.75, 3.05) is 0 Å². The Kier molecular flexibility index (Phi) is 28.3. The van der Waals surface area contributed by atoms with Gasteiger partial charge in [0.25, 0.3) is 0 Å². The molecule has 0 saturated carbocycles. The molecule has 2 unspecified atom stereocenters. The molecule has 0 bridgehead atoms. The average Bonchev–Trinajstić information content (AvgIpc) is 3.49. The second-order valence-corrected chi connectivity index (χ2v) is 13.9. The summed E-state index contributed by atoms with van der Waals surface area (Å²) >= 11 is 0. The maximum atomic E-state index is 4.95. The summed E-state index contributed by atoms with van der Waals surface area (Å²) in [5, 5.41) is 0. The number of rotatable bonds is 33. The van der Waals surface area contributed by atoms with E-state index in [1.165, 1.54) is 205 Å². The Balaban J connectivity index is 2.18. The summed E-state index contributed by atoms with van der Waals surface area (Å²) in [6, 6.07) is 0.589. The molecule has 2 nitrogen and oxygen atoms in total. The molecule has 1 rings (SSSR count). The van der Waals surface area contributed by atoms with Crippen molar-refractivity contribution in [3.8, 4) is 0 Å². The number of imidazole rings is 1. The first-order chi connectivity index (χ1) is 20.7. The highest BCUT2D eigenvalue weighted by Gasteiger charge is 2.19. The second kappa shape index (κ2) is 30.2. The van der Waals surface area contributed by atoms with Gasteiger partial charge in [-0.3, -0.25) is 0 Å². The summed E-state index contributed by atoms with van der Waals surface area (Å²) in [7, 11) is 0. The van der Waals surface area contributed by atoms with E-state index in [9.17, 15) is 0 Å². The van der Waals surface area contributed by atoms with Crippen LogP contribution in [0.3, 0.4) is 0 Å². The van der Waals surface area contributed by atoms with Crippen molar-refractivity contribution >= 4 is 0 Å². The zero-order valence-electron chi connectivity index (χ0n) is 29.6.